The number of aromatic nitrogens is 5. The Morgan fingerprint density at radius 2 is 2.00 bits per heavy atom. The number of hydrogen-bond donors (Lipinski definition) is 1. The van der Waals surface area contributed by atoms with E-state index < -0.39 is 0 Å². The maximum atomic E-state index is 4.35. The van der Waals surface area contributed by atoms with Gasteiger partial charge in [-0.2, -0.15) is 5.10 Å². The molecule has 0 saturated heterocycles. The highest BCUT2D eigenvalue weighted by Gasteiger charge is 2.09. The topological polar surface area (TPSA) is 60.6 Å². The summed E-state index contributed by atoms with van der Waals surface area (Å²) < 4.78 is 3.74. The number of nitrogens with one attached hydrogen (secondary N) is 1. The van der Waals surface area contributed by atoms with Gasteiger partial charge in [0.25, 0.3) is 0 Å². The van der Waals surface area contributed by atoms with Gasteiger partial charge in [-0.05, 0) is 31.2 Å². The molecule has 0 aliphatic rings. The number of nitrogens with zero attached hydrogens (tertiary/aromatic N) is 5. The summed E-state index contributed by atoms with van der Waals surface area (Å²) in [6.07, 6.45) is 6.96. The van der Waals surface area contributed by atoms with Crippen molar-refractivity contribution in [3.63, 3.8) is 0 Å². The molecule has 3 aromatic rings. The van der Waals surface area contributed by atoms with Crippen LogP contribution in [0.25, 0.3) is 5.69 Å². The standard InChI is InChI=1S/C14H16N6/c1-11(14-16-7-8-19(14)2)18-12-3-5-13(6-4-12)20-10-15-9-17-20/h3-11,18H,1-2H3. The van der Waals surface area contributed by atoms with Crippen LogP contribution in [0.2, 0.25) is 0 Å². The van der Waals surface area contributed by atoms with Crippen LogP contribution in [0.15, 0.2) is 49.3 Å². The first-order valence-corrected chi connectivity index (χ1v) is 6.43. The van der Waals surface area contributed by atoms with Crippen LogP contribution < -0.4 is 5.32 Å². The fourth-order valence-corrected chi connectivity index (χ4v) is 2.16. The number of hydrogen-bond acceptors (Lipinski definition) is 4. The van der Waals surface area contributed by atoms with Gasteiger partial charge >= 0.3 is 0 Å². The molecule has 0 aliphatic carbocycles. The smallest absolute Gasteiger partial charge is 0.138 e. The van der Waals surface area contributed by atoms with Gasteiger partial charge in [-0.15, -0.1) is 0 Å². The number of rotatable bonds is 4. The lowest BCUT2D eigenvalue weighted by molar-refractivity contribution is 0.721. The Labute approximate surface area is 117 Å². The average Bonchev–Trinajstić information content (AvgIpc) is 3.10. The maximum Gasteiger partial charge on any atom is 0.138 e. The minimum atomic E-state index is 0.146. The molecule has 1 N–H and O–H groups in total. The van der Waals surface area contributed by atoms with Crippen LogP contribution in [-0.2, 0) is 7.05 Å². The zero-order valence-electron chi connectivity index (χ0n) is 11.4. The SMILES string of the molecule is CC(Nc1ccc(-n2cncn2)cc1)c1nccn1C. The van der Waals surface area contributed by atoms with E-state index in [4.69, 9.17) is 0 Å². The summed E-state index contributed by atoms with van der Waals surface area (Å²) in [6, 6.07) is 8.20. The van der Waals surface area contributed by atoms with E-state index in [1.54, 1.807) is 17.2 Å². The molecule has 2 heterocycles. The lowest BCUT2D eigenvalue weighted by Gasteiger charge is -2.15. The molecule has 3 rings (SSSR count). The third-order valence-corrected chi connectivity index (χ3v) is 3.18. The second-order valence-electron chi connectivity index (χ2n) is 4.65. The molecule has 6 heteroatoms. The Bertz CT molecular complexity index is 668. The predicted molar refractivity (Wildman–Crippen MR) is 76.6 cm³/mol. The van der Waals surface area contributed by atoms with E-state index in [-0.39, 0.29) is 6.04 Å². The normalized spacial score (nSPS) is 12.3. The number of anilines is 1. The van der Waals surface area contributed by atoms with Crippen molar-refractivity contribution in [2.75, 3.05) is 5.32 Å². The van der Waals surface area contributed by atoms with Crippen LogP contribution in [0.5, 0.6) is 0 Å². The van der Waals surface area contributed by atoms with Crippen molar-refractivity contribution in [3.05, 3.63) is 55.1 Å². The molecule has 2 aromatic heterocycles. The first kappa shape index (κ1) is 12.4. The molecule has 1 atom stereocenters. The molecule has 102 valence electrons. The van der Waals surface area contributed by atoms with Crippen molar-refractivity contribution in [1.29, 1.82) is 0 Å². The highest BCUT2D eigenvalue weighted by Crippen LogP contribution is 2.18. The second kappa shape index (κ2) is 5.16. The Balaban J connectivity index is 1.74. The monoisotopic (exact) mass is 268 g/mol. The fourth-order valence-electron chi connectivity index (χ4n) is 2.16. The van der Waals surface area contributed by atoms with Gasteiger partial charge in [0.05, 0.1) is 11.7 Å². The first-order valence-electron chi connectivity index (χ1n) is 6.43. The van der Waals surface area contributed by atoms with Crippen LogP contribution >= 0.6 is 0 Å². The molecular weight excluding hydrogens is 252 g/mol. The second-order valence-corrected chi connectivity index (χ2v) is 4.65. The van der Waals surface area contributed by atoms with Gasteiger partial charge in [-0.25, -0.2) is 14.6 Å². The van der Waals surface area contributed by atoms with Crippen molar-refractivity contribution in [2.45, 2.75) is 13.0 Å². The average molecular weight is 268 g/mol. The van der Waals surface area contributed by atoms with Gasteiger partial charge in [-0.3, -0.25) is 0 Å². The molecule has 20 heavy (non-hydrogen) atoms. The largest absolute Gasteiger partial charge is 0.375 e. The molecule has 0 spiro atoms. The molecule has 1 aromatic carbocycles. The first-order chi connectivity index (χ1) is 9.74. The van der Waals surface area contributed by atoms with Gasteiger partial charge in [0, 0.05) is 25.1 Å². The van der Waals surface area contributed by atoms with Crippen LogP contribution in [0.4, 0.5) is 5.69 Å². The number of benzene rings is 1. The summed E-state index contributed by atoms with van der Waals surface area (Å²) in [5.74, 6) is 1.00. The van der Waals surface area contributed by atoms with Crippen molar-refractivity contribution in [3.8, 4) is 5.69 Å². The third-order valence-electron chi connectivity index (χ3n) is 3.18. The summed E-state index contributed by atoms with van der Waals surface area (Å²) in [5, 5.41) is 7.53. The Morgan fingerprint density at radius 3 is 2.60 bits per heavy atom. The van der Waals surface area contributed by atoms with Crippen molar-refractivity contribution in [1.82, 2.24) is 24.3 Å². The van der Waals surface area contributed by atoms with E-state index in [1.165, 1.54) is 6.33 Å². The van der Waals surface area contributed by atoms with Gasteiger partial charge < -0.3 is 9.88 Å². The Hall–Kier alpha value is -2.63. The molecule has 6 nitrogen and oxygen atoms in total. The van der Waals surface area contributed by atoms with E-state index in [1.807, 2.05) is 42.1 Å². The molecule has 0 saturated carbocycles. The van der Waals surface area contributed by atoms with Gasteiger partial charge in [0.15, 0.2) is 0 Å². The van der Waals surface area contributed by atoms with E-state index in [9.17, 15) is 0 Å². The van der Waals surface area contributed by atoms with Gasteiger partial charge in [0.2, 0.25) is 0 Å². The molecule has 0 aliphatic heterocycles. The van der Waals surface area contributed by atoms with Crippen molar-refractivity contribution in [2.24, 2.45) is 7.05 Å². The van der Waals surface area contributed by atoms with E-state index >= 15 is 0 Å². The zero-order chi connectivity index (χ0) is 13.9. The highest BCUT2D eigenvalue weighted by molar-refractivity contribution is 5.49. The maximum absolute atomic E-state index is 4.35. The zero-order valence-corrected chi connectivity index (χ0v) is 11.4. The molecule has 0 amide bonds. The summed E-state index contributed by atoms with van der Waals surface area (Å²) in [4.78, 5) is 8.29. The summed E-state index contributed by atoms with van der Waals surface area (Å²) in [5.41, 5.74) is 2.03. The number of aryl methyl sites for hydroxylation is 1. The van der Waals surface area contributed by atoms with Crippen molar-refractivity contribution >= 4 is 5.69 Å². The highest BCUT2D eigenvalue weighted by atomic mass is 15.3. The lowest BCUT2D eigenvalue weighted by Crippen LogP contribution is -2.11. The van der Waals surface area contributed by atoms with Gasteiger partial charge in [-0.1, -0.05) is 0 Å². The van der Waals surface area contributed by atoms with Crippen LogP contribution in [0.3, 0.4) is 0 Å². The molecular formula is C14H16N6. The van der Waals surface area contributed by atoms with Crippen LogP contribution in [-0.4, -0.2) is 24.3 Å². The fraction of sp³-hybridized carbons (Fsp3) is 0.214. The lowest BCUT2D eigenvalue weighted by atomic mass is 10.2. The van der Waals surface area contributed by atoms with E-state index in [0.717, 1.165) is 17.2 Å². The molecule has 0 radical (unpaired) electrons. The van der Waals surface area contributed by atoms with E-state index in [2.05, 4.69) is 27.3 Å². The summed E-state index contributed by atoms with van der Waals surface area (Å²) >= 11 is 0. The Kier molecular flexibility index (Phi) is 3.20. The Morgan fingerprint density at radius 1 is 1.20 bits per heavy atom. The van der Waals surface area contributed by atoms with Crippen LogP contribution in [0.1, 0.15) is 18.8 Å². The van der Waals surface area contributed by atoms with E-state index in [0.29, 0.717) is 0 Å². The molecule has 1 unspecified atom stereocenters. The summed E-state index contributed by atoms with van der Waals surface area (Å²) in [6.45, 7) is 2.09. The summed E-state index contributed by atoms with van der Waals surface area (Å²) in [7, 11) is 1.99. The quantitative estimate of drug-likeness (QED) is 0.787. The van der Waals surface area contributed by atoms with Gasteiger partial charge in [0.1, 0.15) is 18.5 Å². The molecule has 0 fully saturated rings. The molecule has 0 bridgehead atoms. The minimum Gasteiger partial charge on any atom is -0.375 e. The van der Waals surface area contributed by atoms with Crippen molar-refractivity contribution < 1.29 is 0 Å². The minimum absolute atomic E-state index is 0.146. The number of imidazole rings is 1. The predicted octanol–water partition coefficient (Wildman–Crippen LogP) is 2.17. The van der Waals surface area contributed by atoms with Crippen LogP contribution in [0, 0.1) is 0 Å². The third kappa shape index (κ3) is 2.40.